The fraction of sp³-hybridized carbons (Fsp3) is 0.522. The first-order valence-electron chi connectivity index (χ1n) is 11.7. The second-order valence-corrected chi connectivity index (χ2v) is 8.40. The number of nitrogens with one attached hydrogen (secondary N) is 3. The van der Waals surface area contributed by atoms with Gasteiger partial charge in [-0.15, -0.1) is 0 Å². The van der Waals surface area contributed by atoms with Crippen LogP contribution in [0.5, 0.6) is 5.75 Å². The SMILES string of the molecule is NCCCCC(NC(=O)C(N)CO)C(=O)NC(Cc1ccc(O)cc1)C(=O)NC(CCC(=O)O)C(=O)O. The molecule has 14 nitrogen and oxygen atoms in total. The zero-order valence-corrected chi connectivity index (χ0v) is 20.3. The normalized spacial score (nSPS) is 14.0. The monoisotopic (exact) mass is 525 g/mol. The quantitative estimate of drug-likeness (QED) is 0.0985. The van der Waals surface area contributed by atoms with E-state index in [1.54, 1.807) is 0 Å². The molecule has 14 heteroatoms. The number of aliphatic carboxylic acids is 2. The molecule has 1 aromatic rings. The average Bonchev–Trinajstić information content (AvgIpc) is 2.85. The first-order chi connectivity index (χ1) is 17.5. The van der Waals surface area contributed by atoms with E-state index in [4.69, 9.17) is 21.7 Å². The van der Waals surface area contributed by atoms with Gasteiger partial charge in [0, 0.05) is 12.8 Å². The molecule has 0 aliphatic heterocycles. The van der Waals surface area contributed by atoms with Crippen molar-refractivity contribution >= 4 is 29.7 Å². The van der Waals surface area contributed by atoms with E-state index in [1.807, 2.05) is 0 Å². The van der Waals surface area contributed by atoms with Gasteiger partial charge in [0.1, 0.15) is 29.9 Å². The highest BCUT2D eigenvalue weighted by atomic mass is 16.4. The van der Waals surface area contributed by atoms with Crippen LogP contribution in [0.1, 0.15) is 37.7 Å². The third kappa shape index (κ3) is 11.7. The standard InChI is InChI=1S/C23H35N5O9/c24-10-2-1-3-16(26-20(33)15(25)12-29)21(34)28-18(11-13-4-6-14(30)7-5-13)22(35)27-17(23(36)37)8-9-19(31)32/h4-7,15-18,29-30H,1-3,8-12,24-25H2,(H,26,33)(H,27,35)(H,28,34)(H,31,32)(H,36,37). The number of hydrogen-bond donors (Lipinski definition) is 9. The molecule has 0 radical (unpaired) electrons. The molecule has 4 atom stereocenters. The van der Waals surface area contributed by atoms with Crippen LogP contribution in [0.2, 0.25) is 0 Å². The van der Waals surface area contributed by atoms with E-state index in [9.17, 15) is 34.2 Å². The Bertz CT molecular complexity index is 926. The Kier molecular flexibility index (Phi) is 13.6. The lowest BCUT2D eigenvalue weighted by atomic mass is 10.0. The zero-order valence-electron chi connectivity index (χ0n) is 20.3. The highest BCUT2D eigenvalue weighted by Crippen LogP contribution is 2.12. The number of phenolic OH excluding ortho intramolecular Hbond substituents is 1. The van der Waals surface area contributed by atoms with E-state index >= 15 is 0 Å². The number of amides is 3. The Hall–Kier alpha value is -3.75. The van der Waals surface area contributed by atoms with Crippen molar-refractivity contribution in [2.75, 3.05) is 13.2 Å². The molecule has 0 bridgehead atoms. The van der Waals surface area contributed by atoms with Crippen LogP contribution in [0.4, 0.5) is 0 Å². The molecule has 1 aromatic carbocycles. The number of nitrogens with two attached hydrogens (primary N) is 2. The van der Waals surface area contributed by atoms with Crippen molar-refractivity contribution in [1.29, 1.82) is 0 Å². The minimum absolute atomic E-state index is 0.0312. The molecule has 0 aromatic heterocycles. The van der Waals surface area contributed by atoms with Crippen LogP contribution in [0, 0.1) is 0 Å². The van der Waals surface area contributed by atoms with Crippen molar-refractivity contribution in [1.82, 2.24) is 16.0 Å². The zero-order chi connectivity index (χ0) is 28.0. The van der Waals surface area contributed by atoms with Crippen molar-refractivity contribution in [3.63, 3.8) is 0 Å². The van der Waals surface area contributed by atoms with Crippen LogP contribution in [0.15, 0.2) is 24.3 Å². The molecule has 0 saturated carbocycles. The summed E-state index contributed by atoms with van der Waals surface area (Å²) < 4.78 is 0. The summed E-state index contributed by atoms with van der Waals surface area (Å²) in [7, 11) is 0. The van der Waals surface area contributed by atoms with E-state index in [-0.39, 0.29) is 25.0 Å². The number of aliphatic hydroxyl groups excluding tert-OH is 1. The van der Waals surface area contributed by atoms with Gasteiger partial charge >= 0.3 is 11.9 Å². The highest BCUT2D eigenvalue weighted by molar-refractivity contribution is 5.94. The summed E-state index contributed by atoms with van der Waals surface area (Å²) in [6.45, 7) is -0.307. The fourth-order valence-corrected chi connectivity index (χ4v) is 3.27. The van der Waals surface area contributed by atoms with Gasteiger partial charge in [0.15, 0.2) is 0 Å². The number of rotatable bonds is 17. The molecule has 0 aliphatic carbocycles. The lowest BCUT2D eigenvalue weighted by Gasteiger charge is -2.25. The van der Waals surface area contributed by atoms with Gasteiger partial charge in [0.2, 0.25) is 17.7 Å². The lowest BCUT2D eigenvalue weighted by Crippen LogP contribution is -2.58. The van der Waals surface area contributed by atoms with Gasteiger partial charge in [-0.2, -0.15) is 0 Å². The molecule has 1 rings (SSSR count). The molecule has 4 unspecified atom stereocenters. The van der Waals surface area contributed by atoms with E-state index in [2.05, 4.69) is 16.0 Å². The summed E-state index contributed by atoms with van der Waals surface area (Å²) >= 11 is 0. The maximum atomic E-state index is 13.1. The maximum absolute atomic E-state index is 13.1. The number of hydrogen-bond acceptors (Lipinski definition) is 9. The topological polar surface area (TPSA) is 254 Å². The Labute approximate surface area is 213 Å². The van der Waals surface area contributed by atoms with Crippen molar-refractivity contribution < 1.29 is 44.4 Å². The maximum Gasteiger partial charge on any atom is 0.326 e. The summed E-state index contributed by atoms with van der Waals surface area (Å²) in [6, 6.07) is 0.495. The van der Waals surface area contributed by atoms with Gasteiger partial charge in [0.05, 0.1) is 6.61 Å². The molecule has 0 heterocycles. The Morgan fingerprint density at radius 2 is 1.38 bits per heavy atom. The second kappa shape index (κ2) is 16.1. The summed E-state index contributed by atoms with van der Waals surface area (Å²) in [4.78, 5) is 60.7. The molecular weight excluding hydrogens is 490 g/mol. The van der Waals surface area contributed by atoms with Crippen molar-refractivity contribution in [3.05, 3.63) is 29.8 Å². The number of unbranched alkanes of at least 4 members (excludes halogenated alkanes) is 1. The molecule has 206 valence electrons. The highest BCUT2D eigenvalue weighted by Gasteiger charge is 2.30. The number of benzene rings is 1. The number of carbonyl (C=O) groups is 5. The van der Waals surface area contributed by atoms with E-state index < -0.39 is 66.9 Å². The minimum atomic E-state index is -1.52. The van der Waals surface area contributed by atoms with E-state index in [0.717, 1.165) is 0 Å². The third-order valence-electron chi connectivity index (χ3n) is 5.38. The van der Waals surface area contributed by atoms with Crippen molar-refractivity contribution in [2.24, 2.45) is 11.5 Å². The lowest BCUT2D eigenvalue weighted by molar-refractivity contribution is -0.143. The Morgan fingerprint density at radius 1 is 0.811 bits per heavy atom. The van der Waals surface area contributed by atoms with Gasteiger partial charge in [-0.3, -0.25) is 19.2 Å². The number of carboxylic acids is 2. The van der Waals surface area contributed by atoms with Crippen LogP contribution in [0.3, 0.4) is 0 Å². The number of carbonyl (C=O) groups excluding carboxylic acids is 3. The van der Waals surface area contributed by atoms with Crippen LogP contribution in [-0.4, -0.2) is 87.4 Å². The van der Waals surface area contributed by atoms with Crippen LogP contribution >= 0.6 is 0 Å². The summed E-state index contributed by atoms with van der Waals surface area (Å²) in [5, 5.41) is 44.1. The Morgan fingerprint density at radius 3 is 1.92 bits per heavy atom. The number of phenols is 1. The second-order valence-electron chi connectivity index (χ2n) is 8.40. The summed E-state index contributed by atoms with van der Waals surface area (Å²) in [5.41, 5.74) is 11.5. The molecular formula is C23H35N5O9. The molecule has 37 heavy (non-hydrogen) atoms. The number of aromatic hydroxyl groups is 1. The van der Waals surface area contributed by atoms with Gasteiger partial charge in [0.25, 0.3) is 0 Å². The largest absolute Gasteiger partial charge is 0.508 e. The van der Waals surface area contributed by atoms with Gasteiger partial charge in [-0.25, -0.2) is 4.79 Å². The van der Waals surface area contributed by atoms with Crippen LogP contribution in [-0.2, 0) is 30.4 Å². The first-order valence-corrected chi connectivity index (χ1v) is 11.7. The van der Waals surface area contributed by atoms with Gasteiger partial charge in [-0.05, 0) is 49.9 Å². The predicted octanol–water partition coefficient (Wildman–Crippen LogP) is -2.21. The molecule has 0 aliphatic rings. The third-order valence-corrected chi connectivity index (χ3v) is 5.38. The molecule has 0 spiro atoms. The molecule has 3 amide bonds. The molecule has 0 saturated heterocycles. The first kappa shape index (κ1) is 31.3. The average molecular weight is 526 g/mol. The van der Waals surface area contributed by atoms with Gasteiger partial charge < -0.3 is 47.8 Å². The van der Waals surface area contributed by atoms with Crippen LogP contribution in [0.25, 0.3) is 0 Å². The number of aliphatic hydroxyl groups is 1. The predicted molar refractivity (Wildman–Crippen MR) is 130 cm³/mol. The minimum Gasteiger partial charge on any atom is -0.508 e. The van der Waals surface area contributed by atoms with Crippen molar-refractivity contribution in [2.45, 2.75) is 62.7 Å². The number of carboxylic acid groups (broad SMARTS) is 2. The van der Waals surface area contributed by atoms with Crippen LogP contribution < -0.4 is 27.4 Å². The van der Waals surface area contributed by atoms with E-state index in [1.165, 1.54) is 24.3 Å². The summed E-state index contributed by atoms with van der Waals surface area (Å²) in [5.74, 6) is -5.16. The van der Waals surface area contributed by atoms with Gasteiger partial charge in [-0.1, -0.05) is 12.1 Å². The Balaban J connectivity index is 3.14. The molecule has 11 N–H and O–H groups in total. The summed E-state index contributed by atoms with van der Waals surface area (Å²) in [6.07, 6.45) is 0.153. The molecule has 0 fully saturated rings. The smallest absolute Gasteiger partial charge is 0.326 e. The van der Waals surface area contributed by atoms with Crippen molar-refractivity contribution in [3.8, 4) is 5.75 Å². The van der Waals surface area contributed by atoms with E-state index in [0.29, 0.717) is 24.9 Å². The fourth-order valence-electron chi connectivity index (χ4n) is 3.27.